The zero-order valence-corrected chi connectivity index (χ0v) is 11.4. The summed E-state index contributed by atoms with van der Waals surface area (Å²) >= 11 is 7.66. The zero-order valence-electron chi connectivity index (χ0n) is 9.86. The van der Waals surface area contributed by atoms with E-state index in [1.54, 1.807) is 11.8 Å². The second kappa shape index (κ2) is 6.48. The highest BCUT2D eigenvalue weighted by Gasteiger charge is 2.12. The van der Waals surface area contributed by atoms with Crippen LogP contribution < -0.4 is 5.73 Å². The Hall–Kier alpha value is -0.440. The molecule has 0 heterocycles. The zero-order chi connectivity index (χ0) is 12.1. The van der Waals surface area contributed by atoms with Crippen molar-refractivity contribution in [1.29, 1.82) is 0 Å². The Morgan fingerprint density at radius 3 is 2.65 bits per heavy atom. The van der Waals surface area contributed by atoms with Crippen LogP contribution in [0.3, 0.4) is 0 Å². The van der Waals surface area contributed by atoms with E-state index in [9.17, 15) is 0 Å². The number of benzene rings is 1. The van der Waals surface area contributed by atoms with Gasteiger partial charge in [0.05, 0.1) is 0 Å². The van der Waals surface area contributed by atoms with Crippen molar-refractivity contribution in [2.45, 2.75) is 36.6 Å². The summed E-state index contributed by atoms with van der Waals surface area (Å²) in [5, 5.41) is 0.786. The van der Waals surface area contributed by atoms with E-state index in [2.05, 4.69) is 18.2 Å². The Morgan fingerprint density at radius 2 is 2.00 bits per heavy atom. The van der Waals surface area contributed by atoms with Crippen LogP contribution in [0.25, 0.3) is 0 Å². The van der Waals surface area contributed by atoms with Gasteiger partial charge in [0.1, 0.15) is 0 Å². The van der Waals surface area contributed by atoms with E-state index < -0.39 is 0 Å². The molecule has 2 rings (SSSR count). The molecule has 92 valence electrons. The third-order valence-corrected chi connectivity index (χ3v) is 4.43. The molecule has 1 aromatic carbocycles. The van der Waals surface area contributed by atoms with E-state index in [1.807, 2.05) is 12.1 Å². The van der Waals surface area contributed by atoms with Crippen LogP contribution in [0.1, 0.15) is 25.7 Å². The Labute approximate surface area is 112 Å². The average molecular weight is 268 g/mol. The van der Waals surface area contributed by atoms with Gasteiger partial charge in [-0.15, -0.1) is 11.8 Å². The van der Waals surface area contributed by atoms with Crippen molar-refractivity contribution >= 4 is 23.4 Å². The first kappa shape index (κ1) is 13.0. The summed E-state index contributed by atoms with van der Waals surface area (Å²) in [6, 6.07) is 8.16. The van der Waals surface area contributed by atoms with E-state index in [1.165, 1.54) is 36.2 Å². The summed E-state index contributed by atoms with van der Waals surface area (Å²) < 4.78 is 0. The maximum atomic E-state index is 6.21. The number of halogens is 1. The fourth-order valence-corrected chi connectivity index (χ4v) is 3.06. The molecule has 0 aromatic heterocycles. The number of allylic oxidation sites excluding steroid dienone is 1. The monoisotopic (exact) mass is 267 g/mol. The van der Waals surface area contributed by atoms with Crippen LogP contribution in [0.5, 0.6) is 0 Å². The minimum absolute atomic E-state index is 0.205. The predicted molar refractivity (Wildman–Crippen MR) is 76.7 cm³/mol. The second-order valence-electron chi connectivity index (χ2n) is 4.40. The van der Waals surface area contributed by atoms with Crippen molar-refractivity contribution in [3.8, 4) is 0 Å². The van der Waals surface area contributed by atoms with Crippen LogP contribution in [-0.4, -0.2) is 11.8 Å². The minimum Gasteiger partial charge on any atom is -0.324 e. The third-order valence-electron chi connectivity index (χ3n) is 3.05. The molecule has 0 saturated heterocycles. The highest BCUT2D eigenvalue weighted by molar-refractivity contribution is 7.99. The molecule has 1 atom stereocenters. The van der Waals surface area contributed by atoms with Crippen molar-refractivity contribution in [2.24, 2.45) is 5.73 Å². The number of thioether (sulfide) groups is 1. The summed E-state index contributed by atoms with van der Waals surface area (Å²) in [4.78, 5) is 1.24. The molecule has 0 amide bonds. The van der Waals surface area contributed by atoms with Crippen LogP contribution in [-0.2, 0) is 0 Å². The Balaban J connectivity index is 1.85. The summed E-state index contributed by atoms with van der Waals surface area (Å²) in [6.45, 7) is 0. The fraction of sp³-hybridized carbons (Fsp3) is 0.429. The summed E-state index contributed by atoms with van der Waals surface area (Å²) in [6.07, 6.45) is 7.33. The molecular weight excluding hydrogens is 250 g/mol. The lowest BCUT2D eigenvalue weighted by molar-refractivity contribution is 0.656. The molecular formula is C14H18ClNS. The molecule has 1 unspecified atom stereocenters. The first-order valence-electron chi connectivity index (χ1n) is 6.08. The van der Waals surface area contributed by atoms with Gasteiger partial charge in [0.15, 0.2) is 0 Å². The van der Waals surface area contributed by atoms with Crippen molar-refractivity contribution in [2.75, 3.05) is 5.75 Å². The van der Waals surface area contributed by atoms with Gasteiger partial charge in [-0.3, -0.25) is 0 Å². The Bertz CT molecular complexity index is 386. The number of hydrogen-bond donors (Lipinski definition) is 1. The molecule has 3 heteroatoms. The molecule has 1 aliphatic rings. The SMILES string of the molecule is NC(CSc1ccc(Cl)cc1)C1=CCCCC1. The molecule has 0 fully saturated rings. The average Bonchev–Trinajstić information content (AvgIpc) is 2.39. The molecule has 0 aliphatic heterocycles. The third kappa shape index (κ3) is 4.06. The summed E-state index contributed by atoms with van der Waals surface area (Å²) in [5.74, 6) is 0.952. The fourth-order valence-electron chi connectivity index (χ4n) is 2.02. The highest BCUT2D eigenvalue weighted by Crippen LogP contribution is 2.25. The van der Waals surface area contributed by atoms with Gasteiger partial charge >= 0.3 is 0 Å². The predicted octanol–water partition coefficient (Wildman–Crippen LogP) is 4.26. The molecule has 1 aliphatic carbocycles. The van der Waals surface area contributed by atoms with E-state index in [-0.39, 0.29) is 6.04 Å². The molecule has 0 spiro atoms. The van der Waals surface area contributed by atoms with Crippen LogP contribution in [0.4, 0.5) is 0 Å². The lowest BCUT2D eigenvalue weighted by Crippen LogP contribution is -2.26. The van der Waals surface area contributed by atoms with Crippen LogP contribution in [0.15, 0.2) is 40.8 Å². The molecule has 1 nitrogen and oxygen atoms in total. The van der Waals surface area contributed by atoms with Crippen molar-refractivity contribution in [1.82, 2.24) is 0 Å². The summed E-state index contributed by atoms with van der Waals surface area (Å²) in [7, 11) is 0. The Morgan fingerprint density at radius 1 is 1.24 bits per heavy atom. The lowest BCUT2D eigenvalue weighted by Gasteiger charge is -2.19. The van der Waals surface area contributed by atoms with Crippen LogP contribution in [0, 0.1) is 0 Å². The topological polar surface area (TPSA) is 26.0 Å². The number of hydrogen-bond acceptors (Lipinski definition) is 2. The van der Waals surface area contributed by atoms with E-state index in [0.29, 0.717) is 0 Å². The maximum absolute atomic E-state index is 6.21. The Kier molecular flexibility index (Phi) is 4.96. The smallest absolute Gasteiger partial charge is 0.0406 e. The normalized spacial score (nSPS) is 17.6. The first-order valence-corrected chi connectivity index (χ1v) is 7.45. The lowest BCUT2D eigenvalue weighted by atomic mass is 9.95. The van der Waals surface area contributed by atoms with Gasteiger partial charge in [0.25, 0.3) is 0 Å². The maximum Gasteiger partial charge on any atom is 0.0406 e. The van der Waals surface area contributed by atoms with E-state index in [0.717, 1.165) is 10.8 Å². The van der Waals surface area contributed by atoms with Crippen molar-refractivity contribution in [3.05, 3.63) is 40.9 Å². The highest BCUT2D eigenvalue weighted by atomic mass is 35.5. The minimum atomic E-state index is 0.205. The molecule has 17 heavy (non-hydrogen) atoms. The van der Waals surface area contributed by atoms with Crippen LogP contribution in [0.2, 0.25) is 5.02 Å². The molecule has 2 N–H and O–H groups in total. The molecule has 0 bridgehead atoms. The van der Waals surface area contributed by atoms with Gasteiger partial charge in [0, 0.05) is 21.7 Å². The van der Waals surface area contributed by atoms with Gasteiger partial charge in [-0.1, -0.05) is 23.3 Å². The second-order valence-corrected chi connectivity index (χ2v) is 5.93. The standard InChI is InChI=1S/C14H18ClNS/c15-12-6-8-13(9-7-12)17-10-14(16)11-4-2-1-3-5-11/h4,6-9,14H,1-3,5,10,16H2. The molecule has 0 radical (unpaired) electrons. The van der Waals surface area contributed by atoms with E-state index in [4.69, 9.17) is 17.3 Å². The molecule has 1 aromatic rings. The van der Waals surface area contributed by atoms with Gasteiger partial charge in [0.2, 0.25) is 0 Å². The van der Waals surface area contributed by atoms with Crippen molar-refractivity contribution < 1.29 is 0 Å². The largest absolute Gasteiger partial charge is 0.324 e. The quantitative estimate of drug-likeness (QED) is 0.652. The molecule has 0 saturated carbocycles. The van der Waals surface area contributed by atoms with Gasteiger partial charge in [-0.2, -0.15) is 0 Å². The first-order chi connectivity index (χ1) is 8.25. The van der Waals surface area contributed by atoms with E-state index >= 15 is 0 Å². The number of rotatable bonds is 4. The van der Waals surface area contributed by atoms with Gasteiger partial charge in [-0.25, -0.2) is 0 Å². The van der Waals surface area contributed by atoms with Gasteiger partial charge in [-0.05, 0) is 49.9 Å². The number of nitrogens with two attached hydrogens (primary N) is 1. The van der Waals surface area contributed by atoms with Crippen molar-refractivity contribution in [3.63, 3.8) is 0 Å². The van der Waals surface area contributed by atoms with Crippen LogP contribution >= 0.6 is 23.4 Å². The summed E-state index contributed by atoms with van der Waals surface area (Å²) in [5.41, 5.74) is 7.65. The van der Waals surface area contributed by atoms with Gasteiger partial charge < -0.3 is 5.73 Å².